The van der Waals surface area contributed by atoms with Gasteiger partial charge >= 0.3 is 5.97 Å². The first-order chi connectivity index (χ1) is 11.4. The molecule has 2 aliphatic rings. The lowest BCUT2D eigenvalue weighted by Crippen LogP contribution is -2.56. The fraction of sp³-hybridized carbons (Fsp3) is 0.438. The van der Waals surface area contributed by atoms with Gasteiger partial charge in [0.15, 0.2) is 5.54 Å². The van der Waals surface area contributed by atoms with E-state index in [2.05, 4.69) is 5.32 Å². The summed E-state index contributed by atoms with van der Waals surface area (Å²) in [7, 11) is 0. The lowest BCUT2D eigenvalue weighted by Gasteiger charge is -2.25. The highest BCUT2D eigenvalue weighted by molar-refractivity contribution is 6.33. The molecule has 128 valence electrons. The summed E-state index contributed by atoms with van der Waals surface area (Å²) >= 11 is 6.11. The van der Waals surface area contributed by atoms with Gasteiger partial charge < -0.3 is 20.1 Å². The SMILES string of the molecule is O=C(NC1(C(=O)O)CCOC1)C1CC(=O)N(c2ccccc2Cl)C1. The third kappa shape index (κ3) is 2.97. The minimum Gasteiger partial charge on any atom is -0.479 e. The van der Waals surface area contributed by atoms with Crippen LogP contribution in [0, 0.1) is 5.92 Å². The minimum atomic E-state index is -1.40. The number of aliphatic carboxylic acids is 1. The van der Waals surface area contributed by atoms with Crippen LogP contribution < -0.4 is 10.2 Å². The first-order valence-electron chi connectivity index (χ1n) is 7.61. The fourth-order valence-electron chi connectivity index (χ4n) is 3.01. The average molecular weight is 353 g/mol. The zero-order valence-corrected chi connectivity index (χ0v) is 13.6. The van der Waals surface area contributed by atoms with Gasteiger partial charge in [0.2, 0.25) is 11.8 Å². The van der Waals surface area contributed by atoms with Crippen molar-refractivity contribution in [3.05, 3.63) is 29.3 Å². The Balaban J connectivity index is 1.73. The van der Waals surface area contributed by atoms with Crippen LogP contribution in [0.4, 0.5) is 5.69 Å². The maximum absolute atomic E-state index is 12.5. The van der Waals surface area contributed by atoms with Crippen molar-refractivity contribution in [3.8, 4) is 0 Å². The predicted molar refractivity (Wildman–Crippen MR) is 85.9 cm³/mol. The van der Waals surface area contributed by atoms with Crippen molar-refractivity contribution in [2.75, 3.05) is 24.7 Å². The van der Waals surface area contributed by atoms with Crippen molar-refractivity contribution in [3.63, 3.8) is 0 Å². The molecule has 2 saturated heterocycles. The summed E-state index contributed by atoms with van der Waals surface area (Å²) in [6, 6.07) is 6.90. The number of carboxylic acids is 1. The summed E-state index contributed by atoms with van der Waals surface area (Å²) in [5.41, 5.74) is -0.852. The summed E-state index contributed by atoms with van der Waals surface area (Å²) in [5.74, 6) is -2.41. The van der Waals surface area contributed by atoms with Gasteiger partial charge in [-0.25, -0.2) is 4.79 Å². The molecule has 0 spiro atoms. The Bertz CT molecular complexity index is 687. The number of hydrogen-bond acceptors (Lipinski definition) is 4. The van der Waals surface area contributed by atoms with Crippen LogP contribution in [0.5, 0.6) is 0 Å². The van der Waals surface area contributed by atoms with Gasteiger partial charge in [-0.3, -0.25) is 9.59 Å². The smallest absolute Gasteiger partial charge is 0.331 e. The molecule has 2 unspecified atom stereocenters. The minimum absolute atomic E-state index is 0.0214. The molecule has 2 heterocycles. The molecule has 8 heteroatoms. The molecular weight excluding hydrogens is 336 g/mol. The van der Waals surface area contributed by atoms with Crippen LogP contribution >= 0.6 is 11.6 Å². The van der Waals surface area contributed by atoms with Crippen molar-refractivity contribution in [1.29, 1.82) is 0 Å². The zero-order chi connectivity index (χ0) is 17.3. The first-order valence-corrected chi connectivity index (χ1v) is 7.99. The first kappa shape index (κ1) is 16.7. The number of para-hydroxylation sites is 1. The number of anilines is 1. The van der Waals surface area contributed by atoms with E-state index in [1.807, 2.05) is 0 Å². The lowest BCUT2D eigenvalue weighted by molar-refractivity contribution is -0.148. The third-order valence-electron chi connectivity index (χ3n) is 4.43. The largest absolute Gasteiger partial charge is 0.479 e. The van der Waals surface area contributed by atoms with Crippen LogP contribution in [0.15, 0.2) is 24.3 Å². The molecule has 0 aliphatic carbocycles. The maximum Gasteiger partial charge on any atom is 0.331 e. The molecule has 7 nitrogen and oxygen atoms in total. The summed E-state index contributed by atoms with van der Waals surface area (Å²) < 4.78 is 5.12. The highest BCUT2D eigenvalue weighted by Crippen LogP contribution is 2.31. The molecule has 2 N–H and O–H groups in total. The van der Waals surface area contributed by atoms with E-state index >= 15 is 0 Å². The number of carboxylic acid groups (broad SMARTS) is 1. The van der Waals surface area contributed by atoms with Crippen molar-refractivity contribution >= 4 is 35.1 Å². The van der Waals surface area contributed by atoms with E-state index in [1.165, 1.54) is 4.90 Å². The van der Waals surface area contributed by atoms with Gasteiger partial charge in [0.25, 0.3) is 0 Å². The van der Waals surface area contributed by atoms with Gasteiger partial charge in [0, 0.05) is 26.0 Å². The topological polar surface area (TPSA) is 95.9 Å². The number of nitrogens with zero attached hydrogens (tertiary/aromatic N) is 1. The molecule has 0 radical (unpaired) electrons. The number of halogens is 1. The van der Waals surface area contributed by atoms with Gasteiger partial charge in [-0.1, -0.05) is 23.7 Å². The lowest BCUT2D eigenvalue weighted by atomic mass is 9.97. The molecule has 0 saturated carbocycles. The number of amides is 2. The number of rotatable bonds is 4. The zero-order valence-electron chi connectivity index (χ0n) is 12.8. The van der Waals surface area contributed by atoms with Crippen molar-refractivity contribution in [2.45, 2.75) is 18.4 Å². The Morgan fingerprint density at radius 3 is 2.75 bits per heavy atom. The molecular formula is C16H17ClN2O5. The highest BCUT2D eigenvalue weighted by Gasteiger charge is 2.46. The number of ether oxygens (including phenoxy) is 1. The predicted octanol–water partition coefficient (Wildman–Crippen LogP) is 1.05. The van der Waals surface area contributed by atoms with Gasteiger partial charge in [0.1, 0.15) is 0 Å². The molecule has 0 aromatic heterocycles. The van der Waals surface area contributed by atoms with Crippen molar-refractivity contribution in [1.82, 2.24) is 5.32 Å². The van der Waals surface area contributed by atoms with E-state index in [0.717, 1.165) is 0 Å². The second kappa shape index (κ2) is 6.41. The van der Waals surface area contributed by atoms with E-state index in [-0.39, 0.29) is 38.5 Å². The molecule has 1 aromatic carbocycles. The molecule has 2 atom stereocenters. The standard InChI is InChI=1S/C16H17ClN2O5/c17-11-3-1-2-4-12(11)19-8-10(7-13(19)20)14(21)18-16(15(22)23)5-6-24-9-16/h1-4,10H,5-9H2,(H,18,21)(H,22,23). The second-order valence-electron chi connectivity index (χ2n) is 6.04. The monoisotopic (exact) mass is 352 g/mol. The van der Waals surface area contributed by atoms with Gasteiger partial charge in [-0.05, 0) is 12.1 Å². The molecule has 2 fully saturated rings. The van der Waals surface area contributed by atoms with Gasteiger partial charge in [0.05, 0.1) is 23.2 Å². The summed E-state index contributed by atoms with van der Waals surface area (Å²) in [6.45, 7) is 0.385. The number of hydrogen-bond donors (Lipinski definition) is 2. The highest BCUT2D eigenvalue weighted by atomic mass is 35.5. The molecule has 2 aliphatic heterocycles. The Morgan fingerprint density at radius 1 is 1.38 bits per heavy atom. The van der Waals surface area contributed by atoms with E-state index < -0.39 is 23.3 Å². The van der Waals surface area contributed by atoms with E-state index in [1.54, 1.807) is 24.3 Å². The van der Waals surface area contributed by atoms with Crippen LogP contribution in [-0.2, 0) is 19.1 Å². The number of carbonyl (C=O) groups excluding carboxylic acids is 2. The number of carbonyl (C=O) groups is 3. The van der Waals surface area contributed by atoms with Crippen LogP contribution in [0.3, 0.4) is 0 Å². The van der Waals surface area contributed by atoms with E-state index in [4.69, 9.17) is 16.3 Å². The quantitative estimate of drug-likeness (QED) is 0.844. The summed E-state index contributed by atoms with van der Waals surface area (Å²) in [6.07, 6.45) is 0.233. The molecule has 2 amide bonds. The second-order valence-corrected chi connectivity index (χ2v) is 6.44. The van der Waals surface area contributed by atoms with Crippen LogP contribution in [0.1, 0.15) is 12.8 Å². The van der Waals surface area contributed by atoms with Gasteiger partial charge in [-0.15, -0.1) is 0 Å². The Kier molecular flexibility index (Phi) is 4.47. The Labute approximate surface area is 143 Å². The van der Waals surface area contributed by atoms with Crippen molar-refractivity contribution < 1.29 is 24.2 Å². The molecule has 3 rings (SSSR count). The number of benzene rings is 1. The molecule has 1 aromatic rings. The van der Waals surface area contributed by atoms with Crippen LogP contribution in [0.2, 0.25) is 5.02 Å². The Hall–Kier alpha value is -2.12. The van der Waals surface area contributed by atoms with E-state index in [0.29, 0.717) is 10.7 Å². The van der Waals surface area contributed by atoms with E-state index in [9.17, 15) is 19.5 Å². The van der Waals surface area contributed by atoms with Crippen LogP contribution in [0.25, 0.3) is 0 Å². The number of nitrogens with one attached hydrogen (secondary N) is 1. The van der Waals surface area contributed by atoms with Crippen LogP contribution in [-0.4, -0.2) is 48.2 Å². The Morgan fingerprint density at radius 2 is 2.12 bits per heavy atom. The van der Waals surface area contributed by atoms with Crippen molar-refractivity contribution in [2.24, 2.45) is 5.92 Å². The normalized spacial score (nSPS) is 26.6. The fourth-order valence-corrected chi connectivity index (χ4v) is 3.25. The maximum atomic E-state index is 12.5. The third-order valence-corrected chi connectivity index (χ3v) is 4.75. The van der Waals surface area contributed by atoms with Gasteiger partial charge in [-0.2, -0.15) is 0 Å². The average Bonchev–Trinajstić information content (AvgIpc) is 3.16. The molecule has 24 heavy (non-hydrogen) atoms. The summed E-state index contributed by atoms with van der Waals surface area (Å²) in [4.78, 5) is 37.7. The molecule has 0 bridgehead atoms. The summed E-state index contributed by atoms with van der Waals surface area (Å²) in [5, 5.41) is 12.4.